The largest absolute Gasteiger partial charge is 0.435 e. The van der Waals surface area contributed by atoms with Gasteiger partial charge >= 0.3 is 0 Å². The molecule has 1 heterocycles. The summed E-state index contributed by atoms with van der Waals surface area (Å²) in [5.41, 5.74) is 10.6. The van der Waals surface area contributed by atoms with Crippen LogP contribution in [0.2, 0.25) is 0 Å². The highest BCUT2D eigenvalue weighted by atomic mass is 16.3. The van der Waals surface area contributed by atoms with E-state index in [4.69, 9.17) is 9.40 Å². The van der Waals surface area contributed by atoms with E-state index in [1.54, 1.807) is 0 Å². The Morgan fingerprint density at radius 2 is 0.982 bits per heavy atom. The maximum atomic E-state index is 6.60. The van der Waals surface area contributed by atoms with Crippen LogP contribution in [0.3, 0.4) is 0 Å². The molecule has 0 radical (unpaired) electrons. The summed E-state index contributed by atoms with van der Waals surface area (Å²) >= 11 is 0. The fourth-order valence-electron chi connectivity index (χ4n) is 8.31. The third-order valence-corrected chi connectivity index (χ3v) is 11.0. The molecular formula is C53H34N2O. The minimum Gasteiger partial charge on any atom is -0.435 e. The lowest BCUT2D eigenvalue weighted by molar-refractivity contribution is 0.623. The Morgan fingerprint density at radius 3 is 1.79 bits per heavy atom. The molecule has 0 aliphatic rings. The number of benzene rings is 10. The molecule has 11 aromatic rings. The van der Waals surface area contributed by atoms with Gasteiger partial charge in [-0.05, 0) is 104 Å². The first kappa shape index (κ1) is 32.0. The molecule has 0 amide bonds. The summed E-state index contributed by atoms with van der Waals surface area (Å²) in [4.78, 5) is 7.31. The van der Waals surface area contributed by atoms with Crippen molar-refractivity contribution in [1.82, 2.24) is 4.98 Å². The van der Waals surface area contributed by atoms with Crippen molar-refractivity contribution in [1.29, 1.82) is 0 Å². The maximum absolute atomic E-state index is 6.60. The molecule has 0 N–H and O–H groups in total. The number of rotatable bonds is 6. The van der Waals surface area contributed by atoms with Gasteiger partial charge < -0.3 is 9.32 Å². The van der Waals surface area contributed by atoms with E-state index < -0.39 is 0 Å². The molecule has 3 heteroatoms. The second kappa shape index (κ2) is 13.1. The van der Waals surface area contributed by atoms with E-state index in [-0.39, 0.29) is 0 Å². The van der Waals surface area contributed by atoms with Gasteiger partial charge in [-0.3, -0.25) is 0 Å². The van der Waals surface area contributed by atoms with Crippen molar-refractivity contribution in [2.45, 2.75) is 0 Å². The molecule has 0 unspecified atom stereocenters. The van der Waals surface area contributed by atoms with Crippen LogP contribution in [0.1, 0.15) is 0 Å². The Balaban J connectivity index is 1.09. The van der Waals surface area contributed by atoms with Crippen LogP contribution in [0, 0.1) is 0 Å². The van der Waals surface area contributed by atoms with Gasteiger partial charge in [0.1, 0.15) is 5.52 Å². The van der Waals surface area contributed by atoms with Crippen LogP contribution in [0.25, 0.3) is 87.9 Å². The minimum atomic E-state index is 0.631. The number of fused-ring (bicyclic) bond motifs is 8. The lowest BCUT2D eigenvalue weighted by atomic mass is 9.95. The molecule has 56 heavy (non-hydrogen) atoms. The third-order valence-electron chi connectivity index (χ3n) is 11.0. The Morgan fingerprint density at radius 1 is 0.375 bits per heavy atom. The van der Waals surface area contributed by atoms with Gasteiger partial charge in [-0.1, -0.05) is 152 Å². The molecule has 11 rings (SSSR count). The molecule has 3 nitrogen and oxygen atoms in total. The first-order valence-corrected chi connectivity index (χ1v) is 19.0. The Hall–Kier alpha value is -7.49. The zero-order valence-electron chi connectivity index (χ0n) is 30.4. The van der Waals surface area contributed by atoms with Crippen molar-refractivity contribution in [3.63, 3.8) is 0 Å². The average molecular weight is 715 g/mol. The summed E-state index contributed by atoms with van der Waals surface area (Å²) in [6, 6.07) is 73.6. The molecule has 0 spiro atoms. The van der Waals surface area contributed by atoms with Crippen LogP contribution in [0.5, 0.6) is 0 Å². The number of oxazole rings is 1. The summed E-state index contributed by atoms with van der Waals surface area (Å²) in [6.07, 6.45) is 0. The van der Waals surface area contributed by atoms with Crippen LogP contribution >= 0.6 is 0 Å². The van der Waals surface area contributed by atoms with E-state index >= 15 is 0 Å². The van der Waals surface area contributed by atoms with Gasteiger partial charge in [0.15, 0.2) is 5.58 Å². The van der Waals surface area contributed by atoms with Crippen molar-refractivity contribution in [2.75, 3.05) is 4.90 Å². The first-order valence-electron chi connectivity index (χ1n) is 19.0. The molecule has 10 aromatic carbocycles. The van der Waals surface area contributed by atoms with Gasteiger partial charge in [0.05, 0.1) is 5.69 Å². The second-order valence-electron chi connectivity index (χ2n) is 14.4. The lowest BCUT2D eigenvalue weighted by Gasteiger charge is -2.28. The highest BCUT2D eigenvalue weighted by Gasteiger charge is 2.20. The quantitative estimate of drug-likeness (QED) is 0.161. The normalized spacial score (nSPS) is 11.6. The highest BCUT2D eigenvalue weighted by Crippen LogP contribution is 2.44. The Labute approximate surface area is 324 Å². The van der Waals surface area contributed by atoms with Gasteiger partial charge in [-0.25, -0.2) is 4.98 Å². The SMILES string of the molecule is c1ccc(-c2nc3ccc4ccc5ccc6cc(N(c7ccc(-c8ccc9ccccc9c8)cc7)c7ccccc7-c7ccccc7)ccc6c5c4c3o2)cc1. The molecule has 0 bridgehead atoms. The monoisotopic (exact) mass is 714 g/mol. The van der Waals surface area contributed by atoms with E-state index in [2.05, 4.69) is 181 Å². The number of para-hydroxylation sites is 1. The van der Waals surface area contributed by atoms with E-state index in [9.17, 15) is 0 Å². The fourth-order valence-corrected chi connectivity index (χ4v) is 8.31. The topological polar surface area (TPSA) is 29.3 Å². The van der Waals surface area contributed by atoms with Crippen LogP contribution in [-0.2, 0) is 0 Å². The molecular weight excluding hydrogens is 681 g/mol. The summed E-state index contributed by atoms with van der Waals surface area (Å²) in [5.74, 6) is 0.631. The van der Waals surface area contributed by atoms with E-state index in [1.165, 1.54) is 49.2 Å². The molecule has 0 atom stereocenters. The van der Waals surface area contributed by atoms with Crippen molar-refractivity contribution in [3.8, 4) is 33.7 Å². The average Bonchev–Trinajstić information content (AvgIpc) is 3.72. The predicted molar refractivity (Wildman–Crippen MR) is 235 cm³/mol. The van der Waals surface area contributed by atoms with Crippen LogP contribution in [0.4, 0.5) is 17.1 Å². The Kier molecular flexibility index (Phi) is 7.49. The molecule has 262 valence electrons. The molecule has 0 saturated heterocycles. The summed E-state index contributed by atoms with van der Waals surface area (Å²) in [6.45, 7) is 0. The van der Waals surface area contributed by atoms with Crippen molar-refractivity contribution < 1.29 is 4.42 Å². The number of hydrogen-bond acceptors (Lipinski definition) is 3. The summed E-state index contributed by atoms with van der Waals surface area (Å²) in [7, 11) is 0. The van der Waals surface area contributed by atoms with Gasteiger partial charge in [0.25, 0.3) is 0 Å². The van der Waals surface area contributed by atoms with Crippen molar-refractivity contribution >= 4 is 71.3 Å². The number of nitrogens with zero attached hydrogens (tertiary/aromatic N) is 2. The van der Waals surface area contributed by atoms with Gasteiger partial charge in [-0.15, -0.1) is 0 Å². The maximum Gasteiger partial charge on any atom is 0.227 e. The molecule has 0 aliphatic carbocycles. The second-order valence-corrected chi connectivity index (χ2v) is 14.4. The standard InChI is InChI=1S/C53H34N2O/c1-3-12-37(13-4-1)46-17-9-10-18-49(46)55(44-28-25-36(26-29-44)42-23-19-35-11-7-8-16-41(35)33-42)45-30-31-47-43(34-45)24-22-38-20-21-39-27-32-48-52(51(39)50(38)47)56-53(54-48)40-14-5-2-6-15-40/h1-34H. The van der Waals surface area contributed by atoms with E-state index in [0.29, 0.717) is 5.89 Å². The lowest BCUT2D eigenvalue weighted by Crippen LogP contribution is -2.11. The summed E-state index contributed by atoms with van der Waals surface area (Å²) in [5, 5.41) is 9.36. The van der Waals surface area contributed by atoms with Crippen molar-refractivity contribution in [2.24, 2.45) is 0 Å². The first-order chi connectivity index (χ1) is 27.7. The van der Waals surface area contributed by atoms with E-state index in [1.807, 2.05) is 30.3 Å². The number of aromatic nitrogens is 1. The molecule has 0 saturated carbocycles. The minimum absolute atomic E-state index is 0.631. The third kappa shape index (κ3) is 5.40. The van der Waals surface area contributed by atoms with Crippen LogP contribution < -0.4 is 4.90 Å². The molecule has 1 aromatic heterocycles. The summed E-state index contributed by atoms with van der Waals surface area (Å²) < 4.78 is 6.60. The zero-order valence-corrected chi connectivity index (χ0v) is 30.4. The fraction of sp³-hybridized carbons (Fsp3) is 0. The number of hydrogen-bond donors (Lipinski definition) is 0. The van der Waals surface area contributed by atoms with Gasteiger partial charge in [0, 0.05) is 33.3 Å². The van der Waals surface area contributed by atoms with Crippen LogP contribution in [0.15, 0.2) is 211 Å². The van der Waals surface area contributed by atoms with Gasteiger partial charge in [0.2, 0.25) is 5.89 Å². The predicted octanol–water partition coefficient (Wildman–Crippen LogP) is 14.9. The van der Waals surface area contributed by atoms with Gasteiger partial charge in [-0.2, -0.15) is 0 Å². The van der Waals surface area contributed by atoms with Crippen molar-refractivity contribution in [3.05, 3.63) is 206 Å². The molecule has 0 aliphatic heterocycles. The van der Waals surface area contributed by atoms with Crippen LogP contribution in [-0.4, -0.2) is 4.98 Å². The smallest absolute Gasteiger partial charge is 0.227 e. The zero-order chi connectivity index (χ0) is 37.0. The highest BCUT2D eigenvalue weighted by molar-refractivity contribution is 6.26. The number of anilines is 3. The Bertz CT molecular complexity index is 3240. The molecule has 0 fully saturated rings. The van der Waals surface area contributed by atoms with E-state index in [0.717, 1.165) is 49.9 Å².